The normalized spacial score (nSPS) is 11.3. The number of aromatic nitrogens is 3. The van der Waals surface area contributed by atoms with Gasteiger partial charge in [-0.05, 0) is 19.1 Å². The second-order valence-corrected chi connectivity index (χ2v) is 5.24. The SMILES string of the molecule is Cc1oncc1/C(O)=C(\C#N)C(=O)Nc1ncc(Oc2ccccc2)cn1. The maximum absolute atomic E-state index is 12.3. The van der Waals surface area contributed by atoms with Gasteiger partial charge in [-0.15, -0.1) is 0 Å². The molecule has 3 aromatic rings. The number of nitriles is 1. The van der Waals surface area contributed by atoms with Crippen molar-refractivity contribution in [1.82, 2.24) is 15.1 Å². The number of carbonyl (C=O) groups excluding carboxylic acids is 1. The van der Waals surface area contributed by atoms with Crippen molar-refractivity contribution < 1.29 is 19.2 Å². The van der Waals surface area contributed by atoms with Gasteiger partial charge in [-0.25, -0.2) is 9.97 Å². The van der Waals surface area contributed by atoms with Crippen LogP contribution in [0.2, 0.25) is 0 Å². The summed E-state index contributed by atoms with van der Waals surface area (Å²) in [5.41, 5.74) is -0.372. The van der Waals surface area contributed by atoms with Crippen LogP contribution in [0.3, 0.4) is 0 Å². The Kier molecular flexibility index (Phi) is 5.09. The molecule has 9 nitrogen and oxygen atoms in total. The number of ether oxygens (including phenoxy) is 1. The highest BCUT2D eigenvalue weighted by atomic mass is 16.5. The van der Waals surface area contributed by atoms with Crippen LogP contribution in [0.1, 0.15) is 11.3 Å². The lowest BCUT2D eigenvalue weighted by atomic mass is 10.1. The van der Waals surface area contributed by atoms with Crippen molar-refractivity contribution in [2.45, 2.75) is 6.92 Å². The largest absolute Gasteiger partial charge is 0.506 e. The van der Waals surface area contributed by atoms with Crippen LogP contribution in [-0.4, -0.2) is 26.1 Å². The number of aliphatic hydroxyl groups excluding tert-OH is 1. The number of aliphatic hydroxyl groups is 1. The fraction of sp³-hybridized carbons (Fsp3) is 0.0556. The summed E-state index contributed by atoms with van der Waals surface area (Å²) in [6.07, 6.45) is 3.95. The molecule has 0 aliphatic rings. The number of para-hydroxylation sites is 1. The van der Waals surface area contributed by atoms with Gasteiger partial charge >= 0.3 is 0 Å². The van der Waals surface area contributed by atoms with Gasteiger partial charge in [0, 0.05) is 0 Å². The number of carbonyl (C=O) groups is 1. The molecule has 0 spiro atoms. The monoisotopic (exact) mass is 363 g/mol. The van der Waals surface area contributed by atoms with Gasteiger partial charge in [0.05, 0.1) is 24.2 Å². The van der Waals surface area contributed by atoms with E-state index in [1.54, 1.807) is 25.1 Å². The first-order valence-electron chi connectivity index (χ1n) is 7.69. The van der Waals surface area contributed by atoms with Crippen molar-refractivity contribution in [2.75, 3.05) is 5.32 Å². The Morgan fingerprint density at radius 1 is 1.19 bits per heavy atom. The number of hydrogen-bond acceptors (Lipinski definition) is 8. The van der Waals surface area contributed by atoms with E-state index in [1.165, 1.54) is 18.6 Å². The number of hydrogen-bond donors (Lipinski definition) is 2. The predicted molar refractivity (Wildman–Crippen MR) is 93.6 cm³/mol. The van der Waals surface area contributed by atoms with Gasteiger partial charge in [-0.2, -0.15) is 5.26 Å². The maximum Gasteiger partial charge on any atom is 0.272 e. The number of anilines is 1. The van der Waals surface area contributed by atoms with Crippen LogP contribution in [-0.2, 0) is 4.79 Å². The second kappa shape index (κ2) is 7.79. The number of nitrogens with zero attached hydrogens (tertiary/aromatic N) is 4. The number of rotatable bonds is 5. The fourth-order valence-electron chi connectivity index (χ4n) is 2.09. The van der Waals surface area contributed by atoms with Crippen molar-refractivity contribution in [3.05, 3.63) is 65.8 Å². The Balaban J connectivity index is 1.73. The minimum absolute atomic E-state index is 0.0528. The van der Waals surface area contributed by atoms with E-state index in [9.17, 15) is 15.2 Å². The van der Waals surface area contributed by atoms with Crippen LogP contribution in [0.4, 0.5) is 5.95 Å². The molecule has 0 atom stereocenters. The minimum Gasteiger partial charge on any atom is -0.506 e. The topological polar surface area (TPSA) is 134 Å². The zero-order chi connectivity index (χ0) is 19.2. The number of benzene rings is 1. The zero-order valence-electron chi connectivity index (χ0n) is 14.1. The molecule has 0 bridgehead atoms. The molecule has 9 heteroatoms. The van der Waals surface area contributed by atoms with E-state index >= 15 is 0 Å². The maximum atomic E-state index is 12.3. The summed E-state index contributed by atoms with van der Waals surface area (Å²) >= 11 is 0. The summed E-state index contributed by atoms with van der Waals surface area (Å²) < 4.78 is 10.4. The molecule has 1 aromatic carbocycles. The summed E-state index contributed by atoms with van der Waals surface area (Å²) in [6.45, 7) is 1.54. The van der Waals surface area contributed by atoms with E-state index < -0.39 is 17.2 Å². The van der Waals surface area contributed by atoms with Gasteiger partial charge in [0.15, 0.2) is 17.1 Å². The Bertz CT molecular complexity index is 1020. The third-order valence-corrected chi connectivity index (χ3v) is 3.41. The van der Waals surface area contributed by atoms with Gasteiger partial charge < -0.3 is 14.4 Å². The Labute approximate surface area is 153 Å². The lowest BCUT2D eigenvalue weighted by Gasteiger charge is -2.06. The lowest BCUT2D eigenvalue weighted by molar-refractivity contribution is -0.112. The molecule has 0 aliphatic heterocycles. The molecular formula is C18H13N5O4. The first-order chi connectivity index (χ1) is 13.1. The van der Waals surface area contributed by atoms with Gasteiger partial charge in [0.25, 0.3) is 5.91 Å². The highest BCUT2D eigenvalue weighted by Gasteiger charge is 2.20. The molecule has 27 heavy (non-hydrogen) atoms. The fourth-order valence-corrected chi connectivity index (χ4v) is 2.09. The average molecular weight is 363 g/mol. The second-order valence-electron chi connectivity index (χ2n) is 5.24. The standard InChI is InChI=1S/C18H13N5O4/c1-11-15(10-22-27-11)16(24)14(7-19)17(25)23-18-20-8-13(9-21-18)26-12-5-3-2-4-6-12/h2-6,8-10,24H,1H3,(H,20,21,23,25)/b16-14-. The van der Waals surface area contributed by atoms with Crippen molar-refractivity contribution in [2.24, 2.45) is 0 Å². The van der Waals surface area contributed by atoms with E-state index in [0.717, 1.165) is 0 Å². The van der Waals surface area contributed by atoms with Crippen molar-refractivity contribution in [3.8, 4) is 17.6 Å². The summed E-state index contributed by atoms with van der Waals surface area (Å²) in [5.74, 6) is -0.209. The van der Waals surface area contributed by atoms with E-state index in [-0.39, 0.29) is 17.3 Å². The highest BCUT2D eigenvalue weighted by Crippen LogP contribution is 2.21. The van der Waals surface area contributed by atoms with E-state index in [2.05, 4.69) is 20.4 Å². The minimum atomic E-state index is -0.868. The third kappa shape index (κ3) is 4.08. The Morgan fingerprint density at radius 2 is 1.89 bits per heavy atom. The summed E-state index contributed by atoms with van der Waals surface area (Å²) in [4.78, 5) is 20.2. The Hall–Kier alpha value is -4.19. The van der Waals surface area contributed by atoms with Crippen molar-refractivity contribution >= 4 is 17.6 Å². The smallest absolute Gasteiger partial charge is 0.272 e. The van der Waals surface area contributed by atoms with Gasteiger partial charge in [-0.3, -0.25) is 10.1 Å². The molecule has 1 amide bonds. The van der Waals surface area contributed by atoms with Crippen LogP contribution in [0.5, 0.6) is 11.5 Å². The molecule has 0 saturated heterocycles. The number of aryl methyl sites for hydroxylation is 1. The molecule has 3 rings (SSSR count). The van der Waals surface area contributed by atoms with Crippen LogP contribution in [0, 0.1) is 18.3 Å². The summed E-state index contributed by atoms with van der Waals surface area (Å²) in [5, 5.41) is 25.2. The molecule has 2 N–H and O–H groups in total. The van der Waals surface area contributed by atoms with E-state index in [0.29, 0.717) is 11.5 Å². The quantitative estimate of drug-likeness (QED) is 0.401. The van der Waals surface area contributed by atoms with Crippen LogP contribution < -0.4 is 10.1 Å². The van der Waals surface area contributed by atoms with Crippen molar-refractivity contribution in [3.63, 3.8) is 0 Å². The zero-order valence-corrected chi connectivity index (χ0v) is 14.1. The molecule has 0 saturated carbocycles. The van der Waals surface area contributed by atoms with Crippen LogP contribution >= 0.6 is 0 Å². The summed E-state index contributed by atoms with van der Waals surface area (Å²) in [6, 6.07) is 10.7. The molecular weight excluding hydrogens is 350 g/mol. The Morgan fingerprint density at radius 3 is 2.48 bits per heavy atom. The molecule has 134 valence electrons. The average Bonchev–Trinajstić information content (AvgIpc) is 3.10. The highest BCUT2D eigenvalue weighted by molar-refractivity contribution is 6.10. The first kappa shape index (κ1) is 17.6. The number of amides is 1. The van der Waals surface area contributed by atoms with Crippen molar-refractivity contribution in [1.29, 1.82) is 5.26 Å². The molecule has 2 aromatic heterocycles. The molecule has 0 aliphatic carbocycles. The van der Waals surface area contributed by atoms with E-state index in [1.807, 2.05) is 18.2 Å². The van der Waals surface area contributed by atoms with Gasteiger partial charge in [0.1, 0.15) is 17.6 Å². The predicted octanol–water partition coefficient (Wildman–Crippen LogP) is 3.00. The van der Waals surface area contributed by atoms with Gasteiger partial charge in [0.2, 0.25) is 5.95 Å². The van der Waals surface area contributed by atoms with E-state index in [4.69, 9.17) is 9.26 Å². The van der Waals surface area contributed by atoms with Crippen LogP contribution in [0.25, 0.3) is 5.76 Å². The van der Waals surface area contributed by atoms with Gasteiger partial charge in [-0.1, -0.05) is 23.4 Å². The third-order valence-electron chi connectivity index (χ3n) is 3.41. The number of nitrogens with one attached hydrogen (secondary N) is 1. The lowest BCUT2D eigenvalue weighted by Crippen LogP contribution is -2.17. The molecule has 0 fully saturated rings. The molecule has 0 radical (unpaired) electrons. The molecule has 0 unspecified atom stereocenters. The first-order valence-corrected chi connectivity index (χ1v) is 7.69. The molecule has 2 heterocycles. The summed E-state index contributed by atoms with van der Waals surface area (Å²) in [7, 11) is 0. The van der Waals surface area contributed by atoms with Crippen LogP contribution in [0.15, 0.2) is 59.0 Å².